The minimum Gasteiger partial charge on any atom is -0.465 e. The average Bonchev–Trinajstić information content (AvgIpc) is 2.48. The van der Waals surface area contributed by atoms with Gasteiger partial charge in [0.1, 0.15) is 11.3 Å². The fourth-order valence-electron chi connectivity index (χ4n) is 3.34. The largest absolute Gasteiger partial charge is 0.465 e. The number of nitrogens with zero attached hydrogens (tertiary/aromatic N) is 3. The summed E-state index contributed by atoms with van der Waals surface area (Å²) in [6.45, 7) is 9.66. The van der Waals surface area contributed by atoms with Crippen LogP contribution >= 0.6 is 0 Å². The number of amides is 2. The molecule has 2 aliphatic heterocycles. The summed E-state index contributed by atoms with van der Waals surface area (Å²) in [6, 6.07) is -0.0126. The molecule has 2 amide bonds. The summed E-state index contributed by atoms with van der Waals surface area (Å²) >= 11 is 0. The van der Waals surface area contributed by atoms with E-state index in [-0.39, 0.29) is 25.4 Å². The predicted octanol–water partition coefficient (Wildman–Crippen LogP) is 2.41. The second-order valence-electron chi connectivity index (χ2n) is 8.17. The molecular formula is C17H30FN3O4. The molecule has 2 fully saturated rings. The van der Waals surface area contributed by atoms with Gasteiger partial charge in [-0.15, -0.1) is 0 Å². The van der Waals surface area contributed by atoms with Crippen molar-refractivity contribution in [1.29, 1.82) is 0 Å². The number of likely N-dealkylation sites (tertiary alicyclic amines) is 1. The normalized spacial score (nSPS) is 24.9. The number of halogens is 1. The van der Waals surface area contributed by atoms with Gasteiger partial charge >= 0.3 is 12.2 Å². The smallest absolute Gasteiger partial charge is 0.410 e. The van der Waals surface area contributed by atoms with Gasteiger partial charge in [-0.1, -0.05) is 0 Å². The second kappa shape index (κ2) is 7.35. The van der Waals surface area contributed by atoms with Crippen LogP contribution in [0.1, 0.15) is 40.5 Å². The Balaban J connectivity index is 1.84. The van der Waals surface area contributed by atoms with Gasteiger partial charge in [-0.25, -0.2) is 14.0 Å². The van der Waals surface area contributed by atoms with Gasteiger partial charge in [0.05, 0.1) is 0 Å². The summed E-state index contributed by atoms with van der Waals surface area (Å²) < 4.78 is 20.6. The molecule has 7 nitrogen and oxygen atoms in total. The van der Waals surface area contributed by atoms with E-state index in [0.717, 1.165) is 0 Å². The number of carboxylic acid groups (broad SMARTS) is 1. The first-order valence-electron chi connectivity index (χ1n) is 8.88. The zero-order valence-electron chi connectivity index (χ0n) is 15.6. The molecule has 2 heterocycles. The van der Waals surface area contributed by atoms with E-state index < -0.39 is 23.5 Å². The van der Waals surface area contributed by atoms with E-state index in [0.29, 0.717) is 32.7 Å². The number of hydrogen-bond donors (Lipinski definition) is 1. The molecule has 0 aliphatic carbocycles. The number of ether oxygens (including phenoxy) is 1. The number of piperidine rings is 1. The van der Waals surface area contributed by atoms with Gasteiger partial charge in [-0.2, -0.15) is 0 Å². The lowest BCUT2D eigenvalue weighted by atomic mass is 9.92. The molecule has 0 radical (unpaired) electrons. The maximum Gasteiger partial charge on any atom is 0.410 e. The van der Waals surface area contributed by atoms with Crippen LogP contribution in [0.15, 0.2) is 0 Å². The molecule has 2 rings (SSSR count). The van der Waals surface area contributed by atoms with Crippen molar-refractivity contribution < 1.29 is 23.8 Å². The first-order valence-corrected chi connectivity index (χ1v) is 8.88. The monoisotopic (exact) mass is 359 g/mol. The SMILES string of the molecule is C[C@H]1CN(C(=O)O)CCN1CC1(F)CCN(C(=O)OC(C)(C)C)CC1. The van der Waals surface area contributed by atoms with Crippen LogP contribution in [0.2, 0.25) is 0 Å². The van der Waals surface area contributed by atoms with Crippen LogP contribution in [0.3, 0.4) is 0 Å². The number of rotatable bonds is 2. The third kappa shape index (κ3) is 5.45. The van der Waals surface area contributed by atoms with Gasteiger partial charge in [0.15, 0.2) is 0 Å². The van der Waals surface area contributed by atoms with E-state index in [4.69, 9.17) is 9.84 Å². The number of piperazine rings is 1. The van der Waals surface area contributed by atoms with Crippen molar-refractivity contribution >= 4 is 12.2 Å². The van der Waals surface area contributed by atoms with Crippen LogP contribution < -0.4 is 0 Å². The van der Waals surface area contributed by atoms with E-state index in [9.17, 15) is 9.59 Å². The molecule has 8 heteroatoms. The molecule has 0 unspecified atom stereocenters. The lowest BCUT2D eigenvalue weighted by Crippen LogP contribution is -2.58. The van der Waals surface area contributed by atoms with Crippen molar-refractivity contribution in [1.82, 2.24) is 14.7 Å². The topological polar surface area (TPSA) is 73.3 Å². The highest BCUT2D eigenvalue weighted by Crippen LogP contribution is 2.29. The van der Waals surface area contributed by atoms with E-state index in [1.807, 2.05) is 32.6 Å². The van der Waals surface area contributed by atoms with Gasteiger partial charge in [-0.3, -0.25) is 4.90 Å². The fraction of sp³-hybridized carbons (Fsp3) is 0.882. The quantitative estimate of drug-likeness (QED) is 0.820. The summed E-state index contributed by atoms with van der Waals surface area (Å²) in [6.07, 6.45) is -0.763. The fourth-order valence-corrected chi connectivity index (χ4v) is 3.34. The van der Waals surface area contributed by atoms with Crippen LogP contribution in [-0.2, 0) is 4.74 Å². The number of hydrogen-bond acceptors (Lipinski definition) is 4. The minimum absolute atomic E-state index is 0.0126. The van der Waals surface area contributed by atoms with Gasteiger partial charge in [0, 0.05) is 58.2 Å². The predicted molar refractivity (Wildman–Crippen MR) is 91.5 cm³/mol. The van der Waals surface area contributed by atoms with Crippen LogP contribution in [0.4, 0.5) is 14.0 Å². The van der Waals surface area contributed by atoms with Crippen LogP contribution in [0, 0.1) is 0 Å². The summed E-state index contributed by atoms with van der Waals surface area (Å²) in [4.78, 5) is 28.1. The Kier molecular flexibility index (Phi) is 5.81. The summed E-state index contributed by atoms with van der Waals surface area (Å²) in [5.41, 5.74) is -1.90. The molecule has 0 aromatic carbocycles. The number of carbonyl (C=O) groups is 2. The molecule has 2 saturated heterocycles. The molecule has 2 aliphatic rings. The Hall–Kier alpha value is -1.57. The third-order valence-electron chi connectivity index (χ3n) is 4.83. The van der Waals surface area contributed by atoms with Crippen molar-refractivity contribution in [3.63, 3.8) is 0 Å². The van der Waals surface area contributed by atoms with Crippen molar-refractivity contribution in [2.24, 2.45) is 0 Å². The van der Waals surface area contributed by atoms with E-state index in [1.54, 1.807) is 4.90 Å². The molecule has 25 heavy (non-hydrogen) atoms. The van der Waals surface area contributed by atoms with Crippen molar-refractivity contribution in [3.8, 4) is 0 Å². The van der Waals surface area contributed by atoms with Crippen molar-refractivity contribution in [2.45, 2.75) is 57.8 Å². The zero-order chi connectivity index (χ0) is 18.8. The van der Waals surface area contributed by atoms with E-state index in [1.165, 1.54) is 4.90 Å². The summed E-state index contributed by atoms with van der Waals surface area (Å²) in [5.74, 6) is 0. The Morgan fingerprint density at radius 1 is 1.16 bits per heavy atom. The molecule has 0 bridgehead atoms. The minimum atomic E-state index is -1.35. The van der Waals surface area contributed by atoms with E-state index >= 15 is 4.39 Å². The molecule has 1 N–H and O–H groups in total. The molecule has 144 valence electrons. The number of alkyl halides is 1. The Morgan fingerprint density at radius 2 is 1.76 bits per heavy atom. The molecular weight excluding hydrogens is 329 g/mol. The average molecular weight is 359 g/mol. The highest BCUT2D eigenvalue weighted by atomic mass is 19.1. The van der Waals surface area contributed by atoms with Crippen molar-refractivity contribution in [2.75, 3.05) is 39.3 Å². The molecule has 0 saturated carbocycles. The second-order valence-corrected chi connectivity index (χ2v) is 8.17. The van der Waals surface area contributed by atoms with Crippen molar-refractivity contribution in [3.05, 3.63) is 0 Å². The zero-order valence-corrected chi connectivity index (χ0v) is 15.6. The first kappa shape index (κ1) is 19.8. The maximum absolute atomic E-state index is 15.2. The van der Waals surface area contributed by atoms with Gasteiger partial charge in [0.2, 0.25) is 0 Å². The van der Waals surface area contributed by atoms with Crippen LogP contribution in [-0.4, -0.2) is 88.6 Å². The highest BCUT2D eigenvalue weighted by molar-refractivity contribution is 5.68. The number of carbonyl (C=O) groups excluding carboxylic acids is 1. The Bertz CT molecular complexity index is 501. The highest BCUT2D eigenvalue weighted by Gasteiger charge is 2.40. The Morgan fingerprint density at radius 3 is 2.24 bits per heavy atom. The molecule has 0 aromatic heterocycles. The standard InChI is InChI=1S/C17H30FN3O4/c1-13-11-20(14(22)23)9-10-21(13)12-17(18)5-7-19(8-6-17)15(24)25-16(2,3)4/h13H,5-12H2,1-4H3,(H,22,23)/t13-/m0/s1. The van der Waals surface area contributed by atoms with Crippen LogP contribution in [0.25, 0.3) is 0 Å². The van der Waals surface area contributed by atoms with Gasteiger partial charge < -0.3 is 19.6 Å². The summed E-state index contributed by atoms with van der Waals surface area (Å²) in [5, 5.41) is 9.06. The van der Waals surface area contributed by atoms with Gasteiger partial charge in [0.25, 0.3) is 0 Å². The van der Waals surface area contributed by atoms with E-state index in [2.05, 4.69) is 0 Å². The van der Waals surface area contributed by atoms with Gasteiger partial charge in [-0.05, 0) is 27.7 Å². The third-order valence-corrected chi connectivity index (χ3v) is 4.83. The lowest BCUT2D eigenvalue weighted by Gasteiger charge is -2.44. The Labute approximate surface area is 148 Å². The lowest BCUT2D eigenvalue weighted by molar-refractivity contribution is -0.0187. The summed E-state index contributed by atoms with van der Waals surface area (Å²) in [7, 11) is 0. The first-order chi connectivity index (χ1) is 11.5. The maximum atomic E-state index is 15.2. The van der Waals surface area contributed by atoms with Crippen LogP contribution in [0.5, 0.6) is 0 Å². The molecule has 0 aromatic rings. The molecule has 0 spiro atoms. The molecule has 1 atom stereocenters.